The van der Waals surface area contributed by atoms with Crippen molar-refractivity contribution in [3.8, 4) is 23.0 Å². The zero-order valence-corrected chi connectivity index (χ0v) is 43.8. The SMILES string of the molecule is COCCOCCOCCN(CCCC(=O)ONC(=O)CCC(C)=O)c1cc(COc2cc3c(cc2OC)C(=O)N2c4ccccc4CC2C=N3)cc(COc2cc3c(cc2OC)C(=O)N2c4ccccc4C[C@H]2CN3)c1. The maximum Gasteiger partial charge on any atom is 0.332 e. The topological polar surface area (TPSA) is 205 Å². The molecule has 5 aromatic carbocycles. The lowest BCUT2D eigenvalue weighted by molar-refractivity contribution is -0.158. The molecule has 0 bridgehead atoms. The second-order valence-electron chi connectivity index (χ2n) is 19.1. The van der Waals surface area contributed by atoms with Crippen LogP contribution >= 0.6 is 0 Å². The molecule has 9 rings (SSSR count). The quantitative estimate of drug-likeness (QED) is 0.0433. The molecule has 1 unspecified atom stereocenters. The molecule has 3 amide bonds. The van der Waals surface area contributed by atoms with Gasteiger partial charge in [0.15, 0.2) is 23.0 Å². The number of benzene rings is 5. The fraction of sp³-hybridized carbons (Fsp3) is 0.379. The van der Waals surface area contributed by atoms with Crippen LogP contribution in [-0.2, 0) is 59.5 Å². The summed E-state index contributed by atoms with van der Waals surface area (Å²) in [4.78, 5) is 80.3. The third kappa shape index (κ3) is 12.8. The van der Waals surface area contributed by atoms with Crippen molar-refractivity contribution in [1.29, 1.82) is 0 Å². The number of aliphatic imine (C=N–C) groups is 1. The van der Waals surface area contributed by atoms with Gasteiger partial charge in [0, 0.05) is 87.8 Å². The number of hydroxylamine groups is 1. The van der Waals surface area contributed by atoms with Crippen LogP contribution in [0.25, 0.3) is 0 Å². The van der Waals surface area contributed by atoms with E-state index in [4.69, 9.17) is 43.0 Å². The van der Waals surface area contributed by atoms with Gasteiger partial charge in [-0.3, -0.25) is 24.3 Å². The molecule has 77 heavy (non-hydrogen) atoms. The third-order valence-electron chi connectivity index (χ3n) is 13.8. The molecule has 2 atom stereocenters. The Morgan fingerprint density at radius 2 is 1.32 bits per heavy atom. The Bertz CT molecular complexity index is 3020. The normalized spacial score (nSPS) is 15.6. The van der Waals surface area contributed by atoms with Crippen LogP contribution in [0.3, 0.4) is 0 Å². The van der Waals surface area contributed by atoms with Gasteiger partial charge in [0.2, 0.25) is 0 Å². The van der Waals surface area contributed by atoms with E-state index in [1.807, 2.05) is 77.8 Å². The summed E-state index contributed by atoms with van der Waals surface area (Å²) in [5.41, 5.74) is 10.4. The van der Waals surface area contributed by atoms with E-state index in [1.54, 1.807) is 30.2 Å². The van der Waals surface area contributed by atoms with Crippen molar-refractivity contribution in [2.45, 2.75) is 70.7 Å². The number of rotatable bonds is 25. The van der Waals surface area contributed by atoms with Crippen LogP contribution in [0.4, 0.5) is 28.4 Å². The Balaban J connectivity index is 0.979. The lowest BCUT2D eigenvalue weighted by Gasteiger charge is -2.26. The van der Waals surface area contributed by atoms with Crippen molar-refractivity contribution >= 4 is 64.1 Å². The van der Waals surface area contributed by atoms with E-state index >= 15 is 0 Å². The van der Waals surface area contributed by atoms with Crippen LogP contribution in [0, 0.1) is 0 Å². The summed E-state index contributed by atoms with van der Waals surface area (Å²) in [6, 6.07) is 28.4. The van der Waals surface area contributed by atoms with Gasteiger partial charge in [0.25, 0.3) is 17.7 Å². The highest BCUT2D eigenvalue weighted by atomic mass is 16.7. The average Bonchev–Trinajstić information content (AvgIpc) is 3.94. The van der Waals surface area contributed by atoms with Gasteiger partial charge < -0.3 is 57.9 Å². The predicted octanol–water partition coefficient (Wildman–Crippen LogP) is 7.36. The number of hydrogen-bond acceptors (Lipinski definition) is 16. The predicted molar refractivity (Wildman–Crippen MR) is 288 cm³/mol. The number of nitrogens with zero attached hydrogens (tertiary/aromatic N) is 4. The second-order valence-corrected chi connectivity index (χ2v) is 19.1. The molecular formula is C58H64N6O13. The van der Waals surface area contributed by atoms with E-state index in [2.05, 4.69) is 21.8 Å². The Morgan fingerprint density at radius 3 is 2.03 bits per heavy atom. The van der Waals surface area contributed by atoms with Crippen LogP contribution in [0.1, 0.15) is 75.6 Å². The molecule has 4 aliphatic rings. The average molecular weight is 1050 g/mol. The number of fused-ring (bicyclic) bond motifs is 8. The highest BCUT2D eigenvalue weighted by Gasteiger charge is 2.39. The number of ketones is 1. The number of carbonyl (C=O) groups is 5. The molecular weight excluding hydrogens is 989 g/mol. The molecule has 0 spiro atoms. The minimum Gasteiger partial charge on any atom is -0.493 e. The van der Waals surface area contributed by atoms with E-state index in [1.165, 1.54) is 21.1 Å². The third-order valence-corrected chi connectivity index (χ3v) is 13.8. The van der Waals surface area contributed by atoms with Crippen molar-refractivity contribution < 1.29 is 62.0 Å². The molecule has 19 nitrogen and oxygen atoms in total. The Hall–Kier alpha value is -8.00. The first-order chi connectivity index (χ1) is 37.5. The standard InChI is InChI=1S/C58H64N6O13/c1-37(65)15-16-55(66)61-77-56(67)14-9-17-62(18-19-73-22-23-74-21-20-70-2)42-25-38(35-75-53-31-47-45(29-51(53)71-3)57(68)63-43(33-59-47)27-40-10-5-7-12-49(40)63)24-39(26-42)36-76-54-32-48-46(30-52(54)72-4)58(69)64-44(34-60-48)28-41-11-6-8-13-50(41)64/h5-8,10-13,24-26,29-33,43-44,60H,9,14-23,27-28,34-36H2,1-4H3,(H,61,66)/t43?,44-/m0/s1. The van der Waals surface area contributed by atoms with Gasteiger partial charge >= 0.3 is 5.97 Å². The molecule has 0 fully saturated rings. The van der Waals surface area contributed by atoms with Crippen LogP contribution in [0.15, 0.2) is 96.0 Å². The highest BCUT2D eigenvalue weighted by Crippen LogP contribution is 2.43. The van der Waals surface area contributed by atoms with E-state index in [0.29, 0.717) is 111 Å². The maximum absolute atomic E-state index is 14.2. The number of amides is 3. The van der Waals surface area contributed by atoms with Gasteiger partial charge in [-0.05, 0) is 84.5 Å². The molecule has 2 N–H and O–H groups in total. The summed E-state index contributed by atoms with van der Waals surface area (Å²) >= 11 is 0. The number of carbonyl (C=O) groups excluding carboxylic acids is 5. The largest absolute Gasteiger partial charge is 0.493 e. The lowest BCUT2D eigenvalue weighted by atomic mass is 10.1. The molecule has 4 heterocycles. The van der Waals surface area contributed by atoms with Gasteiger partial charge in [-0.1, -0.05) is 36.4 Å². The summed E-state index contributed by atoms with van der Waals surface area (Å²) < 4.78 is 41.6. The monoisotopic (exact) mass is 1050 g/mol. The number of hydrogen-bond donors (Lipinski definition) is 2. The van der Waals surface area contributed by atoms with Gasteiger partial charge in [-0.15, -0.1) is 0 Å². The van der Waals surface area contributed by atoms with Crippen molar-refractivity contribution in [2.75, 3.05) is 94.0 Å². The zero-order chi connectivity index (χ0) is 53.8. The Labute approximate surface area is 447 Å². The number of Topliss-reactive ketones (excluding diaryl/α,β-unsaturated/α-hetero) is 1. The van der Waals surface area contributed by atoms with Crippen LogP contribution < -0.4 is 44.4 Å². The molecule has 0 radical (unpaired) electrons. The number of para-hydroxylation sites is 2. The molecule has 5 aromatic rings. The number of anilines is 4. The number of nitrogens with one attached hydrogen (secondary N) is 2. The van der Waals surface area contributed by atoms with E-state index < -0.39 is 11.9 Å². The van der Waals surface area contributed by atoms with E-state index in [-0.39, 0.29) is 62.2 Å². The van der Waals surface area contributed by atoms with Gasteiger partial charge in [0.1, 0.15) is 19.0 Å². The fourth-order valence-electron chi connectivity index (χ4n) is 9.94. The van der Waals surface area contributed by atoms with E-state index in [9.17, 15) is 24.0 Å². The highest BCUT2D eigenvalue weighted by molar-refractivity contribution is 6.15. The van der Waals surface area contributed by atoms with Crippen LogP contribution in [0.5, 0.6) is 23.0 Å². The summed E-state index contributed by atoms with van der Waals surface area (Å²) in [5, 5.41) is 3.50. The second kappa shape index (κ2) is 25.2. The fourth-order valence-corrected chi connectivity index (χ4v) is 9.94. The van der Waals surface area contributed by atoms with Crippen LogP contribution in [0.2, 0.25) is 0 Å². The van der Waals surface area contributed by atoms with Crippen LogP contribution in [-0.4, -0.2) is 122 Å². The Morgan fingerprint density at radius 1 is 0.688 bits per heavy atom. The van der Waals surface area contributed by atoms with Gasteiger partial charge in [-0.25, -0.2) is 4.79 Å². The first-order valence-corrected chi connectivity index (χ1v) is 25.8. The van der Waals surface area contributed by atoms with Gasteiger partial charge in [-0.2, -0.15) is 5.48 Å². The van der Waals surface area contributed by atoms with Crippen molar-refractivity contribution in [3.63, 3.8) is 0 Å². The molecule has 0 saturated carbocycles. The summed E-state index contributed by atoms with van der Waals surface area (Å²) in [5.74, 6) is -0.100. The van der Waals surface area contributed by atoms with E-state index in [0.717, 1.165) is 45.7 Å². The molecule has 0 aromatic heterocycles. The summed E-state index contributed by atoms with van der Waals surface area (Å²) in [6.45, 7) is 4.80. The minimum atomic E-state index is -0.635. The van der Waals surface area contributed by atoms with Gasteiger partial charge in [0.05, 0.1) is 81.8 Å². The molecule has 4 aliphatic heterocycles. The van der Waals surface area contributed by atoms with Crippen molar-refractivity contribution in [1.82, 2.24) is 5.48 Å². The lowest BCUT2D eigenvalue weighted by Crippen LogP contribution is -2.39. The van der Waals surface area contributed by atoms with Crippen molar-refractivity contribution in [2.24, 2.45) is 4.99 Å². The summed E-state index contributed by atoms with van der Waals surface area (Å²) in [6.07, 6.45) is 3.47. The van der Waals surface area contributed by atoms with Crippen molar-refractivity contribution in [3.05, 3.63) is 124 Å². The molecule has 19 heteroatoms. The number of methoxy groups -OCH3 is 3. The minimum absolute atomic E-state index is 0.0236. The molecule has 0 saturated heterocycles. The first kappa shape index (κ1) is 53.8. The maximum atomic E-state index is 14.2. The zero-order valence-electron chi connectivity index (χ0n) is 43.8. The summed E-state index contributed by atoms with van der Waals surface area (Å²) in [7, 11) is 4.68. The Kier molecular flexibility index (Phi) is 17.6. The first-order valence-electron chi connectivity index (χ1n) is 25.8. The molecule has 0 aliphatic carbocycles. The number of ether oxygens (including phenoxy) is 7. The molecule has 404 valence electrons. The smallest absolute Gasteiger partial charge is 0.332 e.